The summed E-state index contributed by atoms with van der Waals surface area (Å²) < 4.78 is 0. The number of hydrogen-bond donors (Lipinski definition) is 3. The maximum Gasteiger partial charge on any atom is 0.191 e. The van der Waals surface area contributed by atoms with E-state index in [1.807, 2.05) is 0 Å². The molecule has 1 fully saturated rings. The third-order valence-electron chi connectivity index (χ3n) is 3.01. The fraction of sp³-hybridized carbons (Fsp3) is 0.889. The van der Waals surface area contributed by atoms with Gasteiger partial charge in [-0.25, -0.2) is 0 Å². The number of rotatable bonds is 3. The Morgan fingerprint density at radius 1 is 1.40 bits per heavy atom. The van der Waals surface area contributed by atoms with Crippen LogP contribution >= 0.6 is 0 Å². The van der Waals surface area contributed by atoms with Crippen LogP contribution in [0.25, 0.3) is 0 Å². The third kappa shape index (κ3) is 2.73. The lowest BCUT2D eigenvalue weighted by Crippen LogP contribution is -2.38. The van der Waals surface area contributed by atoms with Gasteiger partial charge in [0, 0.05) is 12.1 Å². The average Bonchev–Trinajstić information content (AvgIpc) is 2.74. The molecule has 1 unspecified atom stereocenters. The number of hydrogen-bond acceptors (Lipinski definition) is 5. The topological polar surface area (TPSA) is 92.5 Å². The minimum absolute atomic E-state index is 0.156. The highest BCUT2D eigenvalue weighted by atomic mass is 15.5. The number of aromatic amines is 1. The van der Waals surface area contributed by atoms with Crippen molar-refractivity contribution in [2.24, 2.45) is 5.73 Å². The Morgan fingerprint density at radius 2 is 2.13 bits per heavy atom. The summed E-state index contributed by atoms with van der Waals surface area (Å²) in [6.45, 7) is 2.05. The number of aromatic nitrogens is 4. The smallest absolute Gasteiger partial charge is 0.191 e. The predicted octanol–water partition coefficient (Wildman–Crippen LogP) is 0.120. The second kappa shape index (κ2) is 4.67. The van der Waals surface area contributed by atoms with Crippen LogP contribution < -0.4 is 11.1 Å². The Kier molecular flexibility index (Phi) is 3.27. The lowest BCUT2D eigenvalue weighted by Gasteiger charge is -2.28. The van der Waals surface area contributed by atoms with Crippen LogP contribution in [0.1, 0.15) is 44.5 Å². The highest BCUT2D eigenvalue weighted by Gasteiger charge is 2.21. The van der Waals surface area contributed by atoms with Gasteiger partial charge in [0.2, 0.25) is 0 Å². The van der Waals surface area contributed by atoms with Crippen molar-refractivity contribution in [3.05, 3.63) is 5.82 Å². The Labute approximate surface area is 89.0 Å². The Hall–Kier alpha value is -1.01. The standard InChI is InChI=1S/C9H18N6/c1-6(9-12-14-15-13-9)11-8-4-2-7(10)3-5-8/h6-8,11H,2-5,10H2,1H3,(H,12,13,14,15). The van der Waals surface area contributed by atoms with Crippen molar-refractivity contribution in [3.63, 3.8) is 0 Å². The van der Waals surface area contributed by atoms with Crippen molar-refractivity contribution in [1.29, 1.82) is 0 Å². The first-order chi connectivity index (χ1) is 7.25. The largest absolute Gasteiger partial charge is 0.328 e. The van der Waals surface area contributed by atoms with Crippen LogP contribution in [0, 0.1) is 0 Å². The van der Waals surface area contributed by atoms with Crippen molar-refractivity contribution >= 4 is 0 Å². The number of nitrogens with zero attached hydrogens (tertiary/aromatic N) is 3. The van der Waals surface area contributed by atoms with Crippen LogP contribution in [0.2, 0.25) is 0 Å². The maximum atomic E-state index is 5.85. The normalized spacial score (nSPS) is 28.9. The van der Waals surface area contributed by atoms with Crippen LogP contribution in [-0.4, -0.2) is 32.7 Å². The van der Waals surface area contributed by atoms with E-state index in [1.54, 1.807) is 0 Å². The molecular formula is C9H18N6. The molecule has 6 nitrogen and oxygen atoms in total. The van der Waals surface area contributed by atoms with Crippen molar-refractivity contribution < 1.29 is 0 Å². The van der Waals surface area contributed by atoms with Crippen LogP contribution in [0.4, 0.5) is 0 Å². The summed E-state index contributed by atoms with van der Waals surface area (Å²) in [6, 6.07) is 1.09. The zero-order valence-electron chi connectivity index (χ0n) is 8.98. The summed E-state index contributed by atoms with van der Waals surface area (Å²) in [4.78, 5) is 0. The molecule has 1 aromatic rings. The van der Waals surface area contributed by atoms with Crippen molar-refractivity contribution in [3.8, 4) is 0 Å². The zero-order valence-corrected chi connectivity index (χ0v) is 8.98. The van der Waals surface area contributed by atoms with E-state index in [-0.39, 0.29) is 6.04 Å². The van der Waals surface area contributed by atoms with E-state index in [4.69, 9.17) is 5.73 Å². The van der Waals surface area contributed by atoms with Crippen molar-refractivity contribution in [2.75, 3.05) is 0 Å². The third-order valence-corrected chi connectivity index (χ3v) is 3.01. The SMILES string of the molecule is CC(NC1CCC(N)CC1)c1nn[nH]n1. The van der Waals surface area contributed by atoms with Gasteiger partial charge in [0.05, 0.1) is 6.04 Å². The highest BCUT2D eigenvalue weighted by molar-refractivity contribution is 4.89. The summed E-state index contributed by atoms with van der Waals surface area (Å²) in [5, 5.41) is 17.4. The van der Waals surface area contributed by atoms with Gasteiger partial charge in [0.25, 0.3) is 0 Å². The monoisotopic (exact) mass is 210 g/mol. The molecule has 84 valence electrons. The Balaban J connectivity index is 1.82. The summed E-state index contributed by atoms with van der Waals surface area (Å²) in [6.07, 6.45) is 4.50. The second-order valence-corrected chi connectivity index (χ2v) is 4.27. The van der Waals surface area contributed by atoms with Gasteiger partial charge in [-0.3, -0.25) is 0 Å². The van der Waals surface area contributed by atoms with Crippen LogP contribution in [-0.2, 0) is 0 Å². The number of H-pyrrole nitrogens is 1. The van der Waals surface area contributed by atoms with Crippen molar-refractivity contribution in [1.82, 2.24) is 25.9 Å². The van der Waals surface area contributed by atoms with Crippen LogP contribution in [0.3, 0.4) is 0 Å². The van der Waals surface area contributed by atoms with E-state index in [9.17, 15) is 0 Å². The molecule has 1 aliphatic carbocycles. The molecule has 0 bridgehead atoms. The molecule has 2 rings (SSSR count). The minimum atomic E-state index is 0.156. The molecule has 4 N–H and O–H groups in total. The molecule has 15 heavy (non-hydrogen) atoms. The molecular weight excluding hydrogens is 192 g/mol. The molecule has 1 aliphatic rings. The van der Waals surface area contributed by atoms with Crippen LogP contribution in [0.15, 0.2) is 0 Å². The number of nitrogens with one attached hydrogen (secondary N) is 2. The molecule has 0 spiro atoms. The summed E-state index contributed by atoms with van der Waals surface area (Å²) >= 11 is 0. The van der Waals surface area contributed by atoms with Gasteiger partial charge in [-0.15, -0.1) is 10.2 Å². The van der Waals surface area contributed by atoms with Gasteiger partial charge in [-0.1, -0.05) is 5.21 Å². The zero-order chi connectivity index (χ0) is 10.7. The molecule has 1 saturated carbocycles. The van der Waals surface area contributed by atoms with Gasteiger partial charge in [-0.2, -0.15) is 5.21 Å². The van der Waals surface area contributed by atoms with Gasteiger partial charge in [0.1, 0.15) is 0 Å². The fourth-order valence-electron chi connectivity index (χ4n) is 2.07. The molecule has 0 saturated heterocycles. The lowest BCUT2D eigenvalue weighted by atomic mass is 9.91. The highest BCUT2D eigenvalue weighted by Crippen LogP contribution is 2.19. The van der Waals surface area contributed by atoms with Crippen LogP contribution in [0.5, 0.6) is 0 Å². The molecule has 1 heterocycles. The molecule has 1 atom stereocenters. The first kappa shape index (κ1) is 10.5. The molecule has 0 aliphatic heterocycles. The molecule has 0 aromatic carbocycles. The first-order valence-electron chi connectivity index (χ1n) is 5.50. The molecule has 0 radical (unpaired) electrons. The average molecular weight is 210 g/mol. The van der Waals surface area contributed by atoms with E-state index in [1.165, 1.54) is 0 Å². The quantitative estimate of drug-likeness (QED) is 0.659. The molecule has 1 aromatic heterocycles. The first-order valence-corrected chi connectivity index (χ1v) is 5.50. The number of tetrazole rings is 1. The fourth-order valence-corrected chi connectivity index (χ4v) is 2.07. The summed E-state index contributed by atoms with van der Waals surface area (Å²) in [5.74, 6) is 0.727. The maximum absolute atomic E-state index is 5.85. The van der Waals surface area contributed by atoms with E-state index in [0.29, 0.717) is 12.1 Å². The van der Waals surface area contributed by atoms with E-state index >= 15 is 0 Å². The lowest BCUT2D eigenvalue weighted by molar-refractivity contribution is 0.318. The van der Waals surface area contributed by atoms with Gasteiger partial charge in [-0.05, 0) is 32.6 Å². The minimum Gasteiger partial charge on any atom is -0.328 e. The van der Waals surface area contributed by atoms with Crippen molar-refractivity contribution in [2.45, 2.75) is 50.7 Å². The van der Waals surface area contributed by atoms with E-state index in [0.717, 1.165) is 31.5 Å². The Morgan fingerprint density at radius 3 is 2.73 bits per heavy atom. The van der Waals surface area contributed by atoms with E-state index in [2.05, 4.69) is 32.9 Å². The van der Waals surface area contributed by atoms with Gasteiger partial charge in [0.15, 0.2) is 5.82 Å². The van der Waals surface area contributed by atoms with E-state index < -0.39 is 0 Å². The number of nitrogens with two attached hydrogens (primary N) is 1. The summed E-state index contributed by atoms with van der Waals surface area (Å²) in [5.41, 5.74) is 5.85. The van der Waals surface area contributed by atoms with Gasteiger partial charge >= 0.3 is 0 Å². The molecule has 0 amide bonds. The second-order valence-electron chi connectivity index (χ2n) is 4.27. The Bertz CT molecular complexity index is 277. The van der Waals surface area contributed by atoms with Gasteiger partial charge < -0.3 is 11.1 Å². The summed E-state index contributed by atoms with van der Waals surface area (Å²) in [7, 11) is 0. The molecule has 6 heteroatoms. The predicted molar refractivity (Wildman–Crippen MR) is 56.0 cm³/mol.